The van der Waals surface area contributed by atoms with Crippen molar-refractivity contribution in [3.63, 3.8) is 0 Å². The first-order valence-corrected chi connectivity index (χ1v) is 12.8. The third kappa shape index (κ3) is 6.44. The van der Waals surface area contributed by atoms with Crippen LogP contribution >= 0.6 is 0 Å². The van der Waals surface area contributed by atoms with Gasteiger partial charge in [0, 0.05) is 6.54 Å². The monoisotopic (exact) mass is 227 g/mol. The molecule has 0 aromatic heterocycles. The second-order valence-electron chi connectivity index (χ2n) is 2.47. The van der Waals surface area contributed by atoms with Crippen LogP contribution in [0.4, 0.5) is 4.79 Å². The molecular formula is C9H17NO2Si2. The summed E-state index contributed by atoms with van der Waals surface area (Å²) in [5.74, 6) is 0. The number of hydrogen-bond donors (Lipinski definition) is 2. The third-order valence-corrected chi connectivity index (χ3v) is 1.53. The zero-order valence-corrected chi connectivity index (χ0v) is 12.7. The van der Waals surface area contributed by atoms with Crippen LogP contribution in [0.2, 0.25) is 0 Å². The summed E-state index contributed by atoms with van der Waals surface area (Å²) in [4.78, 5) is 10.1. The van der Waals surface area contributed by atoms with Crippen molar-refractivity contribution < 1.29 is 9.90 Å². The van der Waals surface area contributed by atoms with Crippen LogP contribution in [-0.4, -0.2) is 37.3 Å². The Morgan fingerprint density at radius 3 is 2.36 bits per heavy atom. The van der Waals surface area contributed by atoms with Crippen molar-refractivity contribution >= 4 is 25.6 Å². The van der Waals surface area contributed by atoms with E-state index in [0.717, 1.165) is 12.0 Å². The van der Waals surface area contributed by atoms with Gasteiger partial charge in [0.1, 0.15) is 0 Å². The van der Waals surface area contributed by atoms with Crippen LogP contribution < -0.4 is 5.32 Å². The fraction of sp³-hybridized carbons (Fsp3) is 0.222. The molecule has 1 aromatic rings. The zero-order valence-electron chi connectivity index (χ0n) is 8.66. The Kier molecular flexibility index (Phi) is 7.86. The largest absolute Gasteiger partial charge is 0.465 e. The lowest BCUT2D eigenvalue weighted by Crippen LogP contribution is -2.23. The van der Waals surface area contributed by atoms with E-state index in [9.17, 15) is 4.79 Å². The normalized spacial score (nSPS) is 8.86. The van der Waals surface area contributed by atoms with Crippen LogP contribution in [0.3, 0.4) is 0 Å². The molecule has 0 saturated carbocycles. The van der Waals surface area contributed by atoms with Gasteiger partial charge in [-0.15, -0.1) is 0 Å². The molecule has 5 heteroatoms. The molecule has 0 atom stereocenters. The molecule has 0 spiro atoms. The highest BCUT2D eigenvalue weighted by Gasteiger charge is 1.93. The molecule has 78 valence electrons. The van der Waals surface area contributed by atoms with Gasteiger partial charge in [0.25, 0.3) is 0 Å². The molecule has 0 fully saturated rings. The number of carbonyl (C=O) groups is 1. The maximum absolute atomic E-state index is 10.1. The summed E-state index contributed by atoms with van der Waals surface area (Å²) in [5.41, 5.74) is 1.14. The molecule has 0 bridgehead atoms. The van der Waals surface area contributed by atoms with Crippen molar-refractivity contribution in [1.82, 2.24) is 5.32 Å². The van der Waals surface area contributed by atoms with Gasteiger partial charge in [0.2, 0.25) is 0 Å². The van der Waals surface area contributed by atoms with Crippen LogP contribution in [0, 0.1) is 0 Å². The molecular weight excluding hydrogens is 210 g/mol. The van der Waals surface area contributed by atoms with Gasteiger partial charge in [-0.25, -0.2) is 4.79 Å². The topological polar surface area (TPSA) is 49.3 Å². The van der Waals surface area contributed by atoms with E-state index in [1.165, 1.54) is 19.5 Å². The average Bonchev–Trinajstić information content (AvgIpc) is 2.22. The first kappa shape index (κ1) is 12.9. The van der Waals surface area contributed by atoms with E-state index in [1.54, 1.807) is 0 Å². The number of nitrogens with one attached hydrogen (secondary N) is 1. The predicted molar refractivity (Wildman–Crippen MR) is 66.1 cm³/mol. The van der Waals surface area contributed by atoms with Gasteiger partial charge in [-0.05, 0) is 31.5 Å². The summed E-state index contributed by atoms with van der Waals surface area (Å²) in [7, 11) is 2.89. The third-order valence-electron chi connectivity index (χ3n) is 1.53. The van der Waals surface area contributed by atoms with Crippen molar-refractivity contribution in [1.29, 1.82) is 0 Å². The molecule has 1 amide bonds. The summed E-state index contributed by atoms with van der Waals surface area (Å²) in [6.45, 7) is 0.472. The van der Waals surface area contributed by atoms with Gasteiger partial charge in [0.15, 0.2) is 0 Å². The van der Waals surface area contributed by atoms with Crippen molar-refractivity contribution in [3.8, 4) is 0 Å². The summed E-state index contributed by atoms with van der Waals surface area (Å²) in [5, 5.41) is 10.6. The molecule has 0 radical (unpaired) electrons. The quantitative estimate of drug-likeness (QED) is 0.660. The van der Waals surface area contributed by atoms with E-state index in [4.69, 9.17) is 5.11 Å². The predicted octanol–water partition coefficient (Wildman–Crippen LogP) is -0.871. The van der Waals surface area contributed by atoms with Crippen LogP contribution in [0.25, 0.3) is 0 Å². The van der Waals surface area contributed by atoms with E-state index >= 15 is 0 Å². The molecule has 14 heavy (non-hydrogen) atoms. The van der Waals surface area contributed by atoms with Gasteiger partial charge in [-0.1, -0.05) is 30.3 Å². The van der Waals surface area contributed by atoms with Crippen LogP contribution in [0.5, 0.6) is 0 Å². The van der Waals surface area contributed by atoms with Crippen molar-refractivity contribution in [2.75, 3.05) is 6.54 Å². The summed E-state index contributed by atoms with van der Waals surface area (Å²) >= 11 is 0. The Hall–Kier alpha value is -1.08. The molecule has 2 N–H and O–H groups in total. The van der Waals surface area contributed by atoms with Crippen LogP contribution in [0.15, 0.2) is 30.3 Å². The van der Waals surface area contributed by atoms with Crippen LogP contribution in [-0.2, 0) is 6.42 Å². The SMILES string of the molecule is O=C(O)NCCc1ccccc1.[SiH3][SiH3]. The fourth-order valence-electron chi connectivity index (χ4n) is 0.958. The minimum atomic E-state index is -0.967. The van der Waals surface area contributed by atoms with E-state index < -0.39 is 6.09 Å². The Morgan fingerprint density at radius 1 is 1.29 bits per heavy atom. The Labute approximate surface area is 90.2 Å². The van der Waals surface area contributed by atoms with Crippen molar-refractivity contribution in [2.24, 2.45) is 0 Å². The molecule has 3 nitrogen and oxygen atoms in total. The highest BCUT2D eigenvalue weighted by molar-refractivity contribution is 6.75. The highest BCUT2D eigenvalue weighted by Crippen LogP contribution is 1.97. The number of amides is 1. The molecule has 0 aliphatic carbocycles. The minimum absolute atomic E-state index is 0.472. The molecule has 0 unspecified atom stereocenters. The summed E-state index contributed by atoms with van der Waals surface area (Å²) in [6, 6.07) is 9.77. The van der Waals surface area contributed by atoms with E-state index in [-0.39, 0.29) is 0 Å². The first-order valence-electron chi connectivity index (χ1n) is 4.80. The lowest BCUT2D eigenvalue weighted by Gasteiger charge is -2.00. The average molecular weight is 227 g/mol. The lowest BCUT2D eigenvalue weighted by molar-refractivity contribution is 0.194. The molecule has 0 aliphatic heterocycles. The molecule has 1 rings (SSSR count). The Morgan fingerprint density at radius 2 is 1.86 bits per heavy atom. The van der Waals surface area contributed by atoms with Crippen LogP contribution in [0.1, 0.15) is 5.56 Å². The first-order chi connectivity index (χ1) is 6.79. The molecule has 0 aliphatic rings. The van der Waals surface area contributed by atoms with Gasteiger partial charge in [-0.2, -0.15) is 0 Å². The van der Waals surface area contributed by atoms with E-state index in [1.807, 2.05) is 30.3 Å². The van der Waals surface area contributed by atoms with Gasteiger partial charge >= 0.3 is 6.09 Å². The Bertz CT molecular complexity index is 254. The Balaban J connectivity index is 0.000000791. The lowest BCUT2D eigenvalue weighted by atomic mass is 10.1. The zero-order chi connectivity index (χ0) is 10.8. The molecule has 1 aromatic carbocycles. The maximum atomic E-state index is 10.1. The second kappa shape index (κ2) is 8.52. The van der Waals surface area contributed by atoms with E-state index in [0.29, 0.717) is 6.54 Å². The van der Waals surface area contributed by atoms with E-state index in [2.05, 4.69) is 5.32 Å². The maximum Gasteiger partial charge on any atom is 0.404 e. The number of carboxylic acid groups (broad SMARTS) is 1. The fourth-order valence-corrected chi connectivity index (χ4v) is 0.958. The standard InChI is InChI=1S/C9H11NO2.H6Si2/c11-9(12)10-7-6-8-4-2-1-3-5-8;1-2/h1-5,10H,6-7H2,(H,11,12);1-2H3. The molecule has 0 saturated heterocycles. The van der Waals surface area contributed by atoms with Gasteiger partial charge in [-0.3, -0.25) is 0 Å². The second-order valence-corrected chi connectivity index (χ2v) is 2.47. The highest BCUT2D eigenvalue weighted by atomic mass is 29.1. The number of benzene rings is 1. The smallest absolute Gasteiger partial charge is 0.404 e. The number of hydrogen-bond acceptors (Lipinski definition) is 1. The van der Waals surface area contributed by atoms with Crippen molar-refractivity contribution in [2.45, 2.75) is 6.42 Å². The summed E-state index contributed by atoms with van der Waals surface area (Å²) in [6.07, 6.45) is -0.224. The van der Waals surface area contributed by atoms with Crippen molar-refractivity contribution in [3.05, 3.63) is 35.9 Å². The number of rotatable bonds is 3. The van der Waals surface area contributed by atoms with Gasteiger partial charge in [0.05, 0.1) is 0 Å². The van der Waals surface area contributed by atoms with Gasteiger partial charge < -0.3 is 10.4 Å². The minimum Gasteiger partial charge on any atom is -0.465 e. The molecule has 0 heterocycles. The summed E-state index contributed by atoms with van der Waals surface area (Å²) < 4.78 is 0.